The van der Waals surface area contributed by atoms with Gasteiger partial charge in [0.25, 0.3) is 0 Å². The molecule has 0 spiro atoms. The van der Waals surface area contributed by atoms with Crippen LogP contribution in [0.1, 0.15) is 24.5 Å². The molecule has 2 aromatic rings. The van der Waals surface area contributed by atoms with Crippen molar-refractivity contribution in [1.29, 1.82) is 0 Å². The molecule has 2 aromatic carbocycles. The Labute approximate surface area is 128 Å². The Hall–Kier alpha value is -1.45. The average Bonchev–Trinajstić information content (AvgIpc) is 2.46. The van der Waals surface area contributed by atoms with Crippen LogP contribution in [0.25, 0.3) is 11.1 Å². The summed E-state index contributed by atoms with van der Waals surface area (Å²) < 4.78 is 28.4. The van der Waals surface area contributed by atoms with Crippen LogP contribution in [0.3, 0.4) is 0 Å². The van der Waals surface area contributed by atoms with Gasteiger partial charge in [-0.15, -0.1) is 0 Å². The van der Waals surface area contributed by atoms with Gasteiger partial charge in [-0.05, 0) is 54.8 Å². The fourth-order valence-electron chi connectivity index (χ4n) is 2.26. The summed E-state index contributed by atoms with van der Waals surface area (Å²) in [5, 5.41) is 3.79. The average molecular weight is 310 g/mol. The molecule has 0 aliphatic rings. The van der Waals surface area contributed by atoms with E-state index in [1.807, 2.05) is 0 Å². The number of aryl methyl sites for hydroxylation is 1. The third kappa shape index (κ3) is 3.60. The molecule has 0 fully saturated rings. The molecule has 2 rings (SSSR count). The summed E-state index contributed by atoms with van der Waals surface area (Å²) in [5.74, 6) is -1.08. The van der Waals surface area contributed by atoms with Gasteiger partial charge in [0, 0.05) is 11.6 Å². The van der Waals surface area contributed by atoms with E-state index in [2.05, 4.69) is 12.2 Å². The summed E-state index contributed by atoms with van der Waals surface area (Å²) in [6, 6.07) is 7.82. The molecule has 0 saturated heterocycles. The zero-order chi connectivity index (χ0) is 15.4. The molecule has 0 amide bonds. The number of halogens is 3. The minimum atomic E-state index is -0.558. The largest absolute Gasteiger partial charge is 0.313 e. The molecule has 0 saturated carbocycles. The van der Waals surface area contributed by atoms with Gasteiger partial charge in [-0.25, -0.2) is 8.78 Å². The van der Waals surface area contributed by atoms with E-state index in [1.165, 1.54) is 12.1 Å². The number of hydrogen-bond acceptors (Lipinski definition) is 1. The Morgan fingerprint density at radius 3 is 2.62 bits per heavy atom. The van der Waals surface area contributed by atoms with Crippen LogP contribution in [0.2, 0.25) is 5.02 Å². The second-order valence-electron chi connectivity index (χ2n) is 5.03. The quantitative estimate of drug-likeness (QED) is 0.758. The fourth-order valence-corrected chi connectivity index (χ4v) is 2.45. The molecule has 1 nitrogen and oxygen atoms in total. The number of benzene rings is 2. The van der Waals surface area contributed by atoms with Crippen molar-refractivity contribution < 1.29 is 8.78 Å². The second kappa shape index (κ2) is 7.01. The summed E-state index contributed by atoms with van der Waals surface area (Å²) in [5.41, 5.74) is 1.77. The maximum absolute atomic E-state index is 14.3. The van der Waals surface area contributed by atoms with Crippen LogP contribution >= 0.6 is 11.6 Å². The lowest BCUT2D eigenvalue weighted by Gasteiger charge is -2.14. The van der Waals surface area contributed by atoms with Gasteiger partial charge in [-0.2, -0.15) is 0 Å². The van der Waals surface area contributed by atoms with E-state index in [4.69, 9.17) is 11.6 Å². The molecule has 0 aliphatic carbocycles. The van der Waals surface area contributed by atoms with E-state index in [1.54, 1.807) is 25.1 Å². The van der Waals surface area contributed by atoms with Crippen molar-refractivity contribution in [3.8, 4) is 11.1 Å². The lowest BCUT2D eigenvalue weighted by molar-refractivity contribution is 0.583. The van der Waals surface area contributed by atoms with E-state index in [9.17, 15) is 8.78 Å². The molecule has 112 valence electrons. The monoisotopic (exact) mass is 309 g/mol. The lowest BCUT2D eigenvalue weighted by Crippen LogP contribution is -2.14. The highest BCUT2D eigenvalue weighted by molar-refractivity contribution is 6.30. The number of rotatable bonds is 5. The Kier molecular flexibility index (Phi) is 5.32. The van der Waals surface area contributed by atoms with Gasteiger partial charge in [-0.1, -0.05) is 30.7 Å². The summed E-state index contributed by atoms with van der Waals surface area (Å²) >= 11 is 6.01. The Bertz CT molecular complexity index is 641. The van der Waals surface area contributed by atoms with Gasteiger partial charge >= 0.3 is 0 Å². The van der Waals surface area contributed by atoms with Crippen molar-refractivity contribution in [2.24, 2.45) is 0 Å². The van der Waals surface area contributed by atoms with Crippen LogP contribution in [0, 0.1) is 18.6 Å². The maximum Gasteiger partial charge on any atom is 0.136 e. The minimum absolute atomic E-state index is 0.0139. The second-order valence-corrected chi connectivity index (χ2v) is 5.47. The van der Waals surface area contributed by atoms with Gasteiger partial charge in [0.1, 0.15) is 11.6 Å². The zero-order valence-corrected chi connectivity index (χ0v) is 12.9. The first-order valence-electron chi connectivity index (χ1n) is 6.98. The molecule has 21 heavy (non-hydrogen) atoms. The smallest absolute Gasteiger partial charge is 0.136 e. The van der Waals surface area contributed by atoms with E-state index in [0.717, 1.165) is 18.5 Å². The minimum Gasteiger partial charge on any atom is -0.313 e. The molecule has 0 bridgehead atoms. The summed E-state index contributed by atoms with van der Waals surface area (Å²) in [6.45, 7) is 5.05. The highest BCUT2D eigenvalue weighted by Crippen LogP contribution is 2.32. The number of nitrogens with one attached hydrogen (secondary N) is 1. The number of hydrogen-bond donors (Lipinski definition) is 1. The Balaban J connectivity index is 2.51. The van der Waals surface area contributed by atoms with Crippen molar-refractivity contribution in [2.75, 3.05) is 6.54 Å². The van der Waals surface area contributed by atoms with Crippen LogP contribution in [0.4, 0.5) is 8.78 Å². The maximum atomic E-state index is 14.3. The van der Waals surface area contributed by atoms with Gasteiger partial charge in [-0.3, -0.25) is 0 Å². The molecule has 0 radical (unpaired) electrons. The molecule has 0 aromatic heterocycles. The van der Waals surface area contributed by atoms with Crippen molar-refractivity contribution in [3.63, 3.8) is 0 Å². The van der Waals surface area contributed by atoms with Gasteiger partial charge < -0.3 is 5.32 Å². The molecule has 0 aliphatic heterocycles. The van der Waals surface area contributed by atoms with Crippen molar-refractivity contribution in [3.05, 3.63) is 58.1 Å². The predicted molar refractivity (Wildman–Crippen MR) is 83.5 cm³/mol. The summed E-state index contributed by atoms with van der Waals surface area (Å²) in [7, 11) is 0. The molecule has 0 unspecified atom stereocenters. The molecule has 1 N–H and O–H groups in total. The zero-order valence-electron chi connectivity index (χ0n) is 12.1. The van der Waals surface area contributed by atoms with E-state index in [-0.39, 0.29) is 5.56 Å². The van der Waals surface area contributed by atoms with Crippen LogP contribution in [0.5, 0.6) is 0 Å². The van der Waals surface area contributed by atoms with E-state index in [0.29, 0.717) is 22.7 Å². The summed E-state index contributed by atoms with van der Waals surface area (Å²) in [6.07, 6.45) is 0.989. The summed E-state index contributed by atoms with van der Waals surface area (Å²) in [4.78, 5) is 0. The van der Waals surface area contributed by atoms with Crippen LogP contribution in [0.15, 0.2) is 30.3 Å². The third-order valence-corrected chi connectivity index (χ3v) is 3.60. The molecular weight excluding hydrogens is 292 g/mol. The van der Waals surface area contributed by atoms with Crippen molar-refractivity contribution >= 4 is 11.6 Å². The molecule has 0 atom stereocenters. The van der Waals surface area contributed by atoms with Crippen LogP contribution in [-0.2, 0) is 6.54 Å². The van der Waals surface area contributed by atoms with Crippen molar-refractivity contribution in [2.45, 2.75) is 26.8 Å². The van der Waals surface area contributed by atoms with E-state index < -0.39 is 11.6 Å². The standard InChI is InChI=1S/C17H18ClF2N/c1-3-8-21-10-12-9-13(18)5-6-14(12)16-15(19)7-4-11(2)17(16)20/h4-7,9,21H,3,8,10H2,1-2H3. The predicted octanol–water partition coefficient (Wildman–Crippen LogP) is 5.09. The first kappa shape index (κ1) is 15.9. The van der Waals surface area contributed by atoms with E-state index >= 15 is 0 Å². The molecule has 0 heterocycles. The Morgan fingerprint density at radius 1 is 1.14 bits per heavy atom. The lowest BCUT2D eigenvalue weighted by atomic mass is 9.97. The molecule has 4 heteroatoms. The van der Waals surface area contributed by atoms with Crippen LogP contribution in [-0.4, -0.2) is 6.54 Å². The Morgan fingerprint density at radius 2 is 1.90 bits per heavy atom. The highest BCUT2D eigenvalue weighted by Gasteiger charge is 2.16. The highest BCUT2D eigenvalue weighted by atomic mass is 35.5. The van der Waals surface area contributed by atoms with Gasteiger partial charge in [0.05, 0.1) is 5.56 Å². The topological polar surface area (TPSA) is 12.0 Å². The van der Waals surface area contributed by atoms with Crippen molar-refractivity contribution in [1.82, 2.24) is 5.32 Å². The molecular formula is C17H18ClF2N. The SMILES string of the molecule is CCCNCc1cc(Cl)ccc1-c1c(F)ccc(C)c1F. The first-order chi connectivity index (χ1) is 10.0. The fraction of sp³-hybridized carbons (Fsp3) is 0.294. The van der Waals surface area contributed by atoms with Crippen LogP contribution < -0.4 is 5.32 Å². The first-order valence-corrected chi connectivity index (χ1v) is 7.36. The van der Waals surface area contributed by atoms with Gasteiger partial charge in [0.2, 0.25) is 0 Å². The normalized spacial score (nSPS) is 10.9. The third-order valence-electron chi connectivity index (χ3n) is 3.36. The van der Waals surface area contributed by atoms with Gasteiger partial charge in [0.15, 0.2) is 0 Å².